The second-order valence-electron chi connectivity index (χ2n) is 6.74. The van der Waals surface area contributed by atoms with E-state index in [0.29, 0.717) is 21.3 Å². The van der Waals surface area contributed by atoms with E-state index in [1.54, 1.807) is 16.7 Å². The van der Waals surface area contributed by atoms with Gasteiger partial charge in [-0.1, -0.05) is 23.4 Å². The molecule has 2 radical (unpaired) electrons. The number of aromatic nitrogens is 4. The van der Waals surface area contributed by atoms with Gasteiger partial charge in [0.2, 0.25) is 0 Å². The summed E-state index contributed by atoms with van der Waals surface area (Å²) in [5.41, 5.74) is 6.75. The van der Waals surface area contributed by atoms with Crippen LogP contribution in [0.25, 0.3) is 11.2 Å². The molecular formula is C16H15BClN5O5PS+. The zero-order valence-electron chi connectivity index (χ0n) is 15.2. The topological polar surface area (TPSA) is 138 Å². The lowest BCUT2D eigenvalue weighted by Crippen LogP contribution is -2.40. The van der Waals surface area contributed by atoms with Gasteiger partial charge in [0, 0.05) is 9.92 Å². The minimum atomic E-state index is -3.50. The third kappa shape index (κ3) is 3.57. The van der Waals surface area contributed by atoms with Crippen LogP contribution in [-0.4, -0.2) is 62.0 Å². The molecule has 0 aliphatic carbocycles. The lowest BCUT2D eigenvalue weighted by atomic mass is 10.1. The molecule has 3 aromatic rings. The lowest BCUT2D eigenvalue weighted by Gasteiger charge is -2.27. The number of anilines is 1. The van der Waals surface area contributed by atoms with Gasteiger partial charge in [0.15, 0.2) is 34.5 Å². The van der Waals surface area contributed by atoms with Gasteiger partial charge in [0.25, 0.3) is 0 Å². The van der Waals surface area contributed by atoms with Gasteiger partial charge in [-0.05, 0) is 24.3 Å². The molecule has 4 N–H and O–H groups in total. The molecule has 5 atom stereocenters. The Bertz CT molecular complexity index is 1110. The largest absolute Gasteiger partial charge is 0.488 e. The number of benzene rings is 1. The smallest absolute Gasteiger partial charge is 0.385 e. The molecule has 14 heteroatoms. The quantitative estimate of drug-likeness (QED) is 0.386. The Kier molecular flexibility index (Phi) is 5.15. The summed E-state index contributed by atoms with van der Waals surface area (Å²) in [7, 11) is 2.10. The Morgan fingerprint density at radius 3 is 2.83 bits per heavy atom. The van der Waals surface area contributed by atoms with Crippen molar-refractivity contribution in [3.8, 4) is 0 Å². The predicted molar refractivity (Wildman–Crippen MR) is 111 cm³/mol. The van der Waals surface area contributed by atoms with Gasteiger partial charge in [0.05, 0.1) is 0 Å². The number of ether oxygens (including phenoxy) is 1. The van der Waals surface area contributed by atoms with Crippen molar-refractivity contribution >= 4 is 55.7 Å². The van der Waals surface area contributed by atoms with E-state index in [0.717, 1.165) is 4.90 Å². The van der Waals surface area contributed by atoms with E-state index in [1.807, 2.05) is 12.1 Å². The molecule has 0 bridgehead atoms. The monoisotopic (exact) mass is 466 g/mol. The number of halogens is 1. The highest BCUT2D eigenvalue weighted by Gasteiger charge is 2.57. The zero-order valence-corrected chi connectivity index (χ0v) is 17.7. The second kappa shape index (κ2) is 7.58. The Morgan fingerprint density at radius 2 is 2.07 bits per heavy atom. The molecule has 0 amide bonds. The maximum atomic E-state index is 10.9. The number of aliphatic hydroxyl groups excluding tert-OH is 1. The summed E-state index contributed by atoms with van der Waals surface area (Å²) in [6, 6.07) is 7.20. The number of aliphatic hydroxyl groups is 1. The van der Waals surface area contributed by atoms with Crippen molar-refractivity contribution in [3.05, 3.63) is 35.6 Å². The van der Waals surface area contributed by atoms with Crippen LogP contribution < -0.4 is 5.73 Å². The van der Waals surface area contributed by atoms with Crippen LogP contribution in [0.5, 0.6) is 0 Å². The molecule has 4 heterocycles. The van der Waals surface area contributed by atoms with Crippen molar-refractivity contribution in [2.24, 2.45) is 0 Å². The highest BCUT2D eigenvalue weighted by Crippen LogP contribution is 2.58. The van der Waals surface area contributed by atoms with Gasteiger partial charge in [-0.2, -0.15) is 9.05 Å². The Morgan fingerprint density at radius 1 is 1.30 bits per heavy atom. The van der Waals surface area contributed by atoms with E-state index in [4.69, 9.17) is 38.7 Å². The minimum Gasteiger partial charge on any atom is -0.385 e. The van der Waals surface area contributed by atoms with Crippen LogP contribution in [-0.2, 0) is 13.8 Å². The highest BCUT2D eigenvalue weighted by atomic mass is 35.5. The molecule has 10 nitrogen and oxygen atoms in total. The van der Waals surface area contributed by atoms with Crippen molar-refractivity contribution in [1.29, 1.82) is 0 Å². The Labute approximate surface area is 181 Å². The Balaban J connectivity index is 1.57. The molecule has 5 rings (SSSR count). The highest BCUT2D eigenvalue weighted by molar-refractivity contribution is 7.99. The summed E-state index contributed by atoms with van der Waals surface area (Å²) in [6.07, 6.45) is -2.26. The van der Waals surface area contributed by atoms with Gasteiger partial charge in [0.1, 0.15) is 25.1 Å². The van der Waals surface area contributed by atoms with E-state index in [-0.39, 0.29) is 12.4 Å². The van der Waals surface area contributed by atoms with Crippen molar-refractivity contribution in [2.45, 2.75) is 34.6 Å². The van der Waals surface area contributed by atoms with Gasteiger partial charge in [-0.25, -0.2) is 19.8 Å². The van der Waals surface area contributed by atoms with Crippen molar-refractivity contribution in [1.82, 2.24) is 19.5 Å². The average Bonchev–Trinajstić information content (AvgIpc) is 3.21. The second-order valence-corrected chi connectivity index (χ2v) is 9.81. The predicted octanol–water partition coefficient (Wildman–Crippen LogP) is 1.73. The fraction of sp³-hybridized carbons (Fsp3) is 0.312. The number of nitrogen functional groups attached to an aromatic ring is 1. The molecule has 2 fully saturated rings. The molecule has 2 unspecified atom stereocenters. The summed E-state index contributed by atoms with van der Waals surface area (Å²) in [4.78, 5) is 23.6. The summed E-state index contributed by atoms with van der Waals surface area (Å²) >= 11 is 7.29. The zero-order chi connectivity index (χ0) is 21.0. The molecule has 1 aromatic carbocycles. The molecule has 0 saturated carbocycles. The summed E-state index contributed by atoms with van der Waals surface area (Å²) in [5, 5.41) is 12.0. The lowest BCUT2D eigenvalue weighted by molar-refractivity contribution is -0.0628. The third-order valence-electron chi connectivity index (χ3n) is 4.76. The van der Waals surface area contributed by atoms with Gasteiger partial charge in [-0.15, -0.1) is 0 Å². The van der Waals surface area contributed by atoms with Crippen LogP contribution in [0.4, 0.5) is 5.82 Å². The standard InChI is InChI=1S/C16H15BClN5O5PS/c17-29(25)26-5-9-12(28-29)11(24)15(27-9)23-14-10(13(19)20-6-21-14)22-16(23)30-8-3-1-7(18)2-4-8/h1-4,6,9,11-12,15,24-25H,5H2,(H2,19,20,21)/q+1/t9-,11?,12-,15-,29?/m1/s1. The first-order valence-corrected chi connectivity index (χ1v) is 11.7. The van der Waals surface area contributed by atoms with Crippen LogP contribution in [0.1, 0.15) is 6.23 Å². The maximum absolute atomic E-state index is 10.9. The van der Waals surface area contributed by atoms with Gasteiger partial charge < -0.3 is 15.6 Å². The van der Waals surface area contributed by atoms with E-state index in [2.05, 4.69) is 15.0 Å². The number of hydrogen-bond acceptors (Lipinski definition) is 10. The number of rotatable bonds is 3. The molecule has 2 saturated heterocycles. The molecule has 2 aromatic heterocycles. The Hall–Kier alpha value is -1.50. The van der Waals surface area contributed by atoms with Crippen molar-refractivity contribution in [2.75, 3.05) is 12.3 Å². The normalized spacial score (nSPS) is 31.2. The van der Waals surface area contributed by atoms with Gasteiger partial charge >= 0.3 is 15.4 Å². The van der Waals surface area contributed by atoms with Crippen LogP contribution in [0, 0.1) is 0 Å². The van der Waals surface area contributed by atoms with Crippen molar-refractivity contribution < 1.29 is 23.8 Å². The first kappa shape index (κ1) is 20.4. The number of nitrogens with two attached hydrogens (primary N) is 1. The molecule has 2 aliphatic heterocycles. The van der Waals surface area contributed by atoms with Gasteiger partial charge in [-0.3, -0.25) is 4.57 Å². The fourth-order valence-corrected chi connectivity index (χ4v) is 5.46. The molecule has 0 spiro atoms. The number of imidazole rings is 1. The fourth-order valence-electron chi connectivity index (χ4n) is 3.40. The number of nitrogens with zero attached hydrogens (tertiary/aromatic N) is 4. The van der Waals surface area contributed by atoms with Crippen LogP contribution >= 0.6 is 31.2 Å². The summed E-state index contributed by atoms with van der Waals surface area (Å²) in [5.74, 6) is 0.198. The van der Waals surface area contributed by atoms with Crippen molar-refractivity contribution in [3.63, 3.8) is 0 Å². The van der Waals surface area contributed by atoms with Crippen LogP contribution in [0.15, 0.2) is 40.6 Å². The molecular weight excluding hydrogens is 452 g/mol. The molecule has 30 heavy (non-hydrogen) atoms. The summed E-state index contributed by atoms with van der Waals surface area (Å²) < 4.78 is 18.1. The third-order valence-corrected chi connectivity index (χ3v) is 7.05. The SMILES string of the molecule is [B][P+]1(O)OC[C@H]2O[C@@H](n3c(Sc4ccc(Cl)cc4)nc4c(N)ncnc43)C(O)[C@@H]2O1. The first-order valence-electron chi connectivity index (χ1n) is 8.81. The van der Waals surface area contributed by atoms with Crippen LogP contribution in [0.3, 0.4) is 0 Å². The number of hydrogen-bond donors (Lipinski definition) is 3. The summed E-state index contributed by atoms with van der Waals surface area (Å²) in [6.45, 7) is -0.0115. The minimum absolute atomic E-state index is 0.0115. The molecule has 154 valence electrons. The first-order chi connectivity index (χ1) is 14.3. The van der Waals surface area contributed by atoms with E-state index in [9.17, 15) is 10.00 Å². The van der Waals surface area contributed by atoms with E-state index in [1.165, 1.54) is 18.1 Å². The number of fused-ring (bicyclic) bond motifs is 2. The van der Waals surface area contributed by atoms with E-state index >= 15 is 0 Å². The molecule has 2 aliphatic rings. The van der Waals surface area contributed by atoms with E-state index < -0.39 is 32.4 Å². The van der Waals surface area contributed by atoms with Crippen LogP contribution in [0.2, 0.25) is 5.02 Å². The maximum Gasteiger partial charge on any atom is 0.488 e. The average molecular weight is 467 g/mol.